The maximum atomic E-state index is 13.3. The molecule has 2 amide bonds. The molecule has 2 atom stereocenters. The van der Waals surface area contributed by atoms with Gasteiger partial charge in [-0.3, -0.25) is 9.59 Å². The molecule has 0 radical (unpaired) electrons. The van der Waals surface area contributed by atoms with E-state index in [1.165, 1.54) is 32.1 Å². The molecule has 1 aromatic carbocycles. The second-order valence-electron chi connectivity index (χ2n) is 9.28. The predicted octanol–water partition coefficient (Wildman–Crippen LogP) is 5.44. The highest BCUT2D eigenvalue weighted by Gasteiger charge is 2.36. The van der Waals surface area contributed by atoms with Crippen molar-refractivity contribution in [1.29, 1.82) is 0 Å². The number of carbonyl (C=O) groups excluding carboxylic acids is 2. The van der Waals surface area contributed by atoms with Gasteiger partial charge in [0.15, 0.2) is 0 Å². The normalized spacial score (nSPS) is 24.2. The van der Waals surface area contributed by atoms with Crippen molar-refractivity contribution in [1.82, 2.24) is 4.90 Å². The lowest BCUT2D eigenvalue weighted by Gasteiger charge is -2.43. The topological polar surface area (TPSA) is 58.6 Å². The number of carbonyl (C=O) groups is 2. The first-order valence-corrected chi connectivity index (χ1v) is 12.6. The van der Waals surface area contributed by atoms with Crippen molar-refractivity contribution in [2.75, 3.05) is 11.9 Å². The molecular weight excluding hydrogens is 412 g/mol. The number of hydrogen-bond donors (Lipinski definition) is 1. The number of fused-ring (bicyclic) bond motifs is 1. The third-order valence-electron chi connectivity index (χ3n) is 7.04. The summed E-state index contributed by atoms with van der Waals surface area (Å²) in [5.74, 6) is 1.13. The SMILES string of the molecule is O=C1CCc2cc(OCCCC(=O)N(C3CCCCC3)C3CCCCC3Cl)ccc2N1. The fourth-order valence-corrected chi connectivity index (χ4v) is 5.79. The maximum Gasteiger partial charge on any atom is 0.224 e. The Labute approximate surface area is 190 Å². The Morgan fingerprint density at radius 1 is 1.06 bits per heavy atom. The van der Waals surface area contributed by atoms with Crippen LogP contribution in [0.15, 0.2) is 18.2 Å². The summed E-state index contributed by atoms with van der Waals surface area (Å²) in [4.78, 5) is 27.0. The van der Waals surface area contributed by atoms with Gasteiger partial charge >= 0.3 is 0 Å². The van der Waals surface area contributed by atoms with Gasteiger partial charge in [-0.2, -0.15) is 0 Å². The Morgan fingerprint density at radius 3 is 2.65 bits per heavy atom. The van der Waals surface area contributed by atoms with Crippen LogP contribution in [0.2, 0.25) is 0 Å². The summed E-state index contributed by atoms with van der Waals surface area (Å²) in [5, 5.41) is 2.98. The van der Waals surface area contributed by atoms with E-state index >= 15 is 0 Å². The molecule has 0 saturated heterocycles. The number of halogens is 1. The average molecular weight is 447 g/mol. The molecule has 6 heteroatoms. The van der Waals surface area contributed by atoms with E-state index in [-0.39, 0.29) is 23.2 Å². The highest BCUT2D eigenvalue weighted by Crippen LogP contribution is 2.33. The summed E-state index contributed by atoms with van der Waals surface area (Å²) in [5.41, 5.74) is 1.99. The molecule has 2 unspecified atom stereocenters. The summed E-state index contributed by atoms with van der Waals surface area (Å²) < 4.78 is 5.93. The first-order valence-electron chi connectivity index (χ1n) is 12.1. The van der Waals surface area contributed by atoms with Gasteiger partial charge in [-0.15, -0.1) is 11.6 Å². The van der Waals surface area contributed by atoms with Gasteiger partial charge < -0.3 is 15.0 Å². The number of aryl methyl sites for hydroxylation is 1. The summed E-state index contributed by atoms with van der Waals surface area (Å²) in [6.45, 7) is 0.518. The Hall–Kier alpha value is -1.75. The number of nitrogens with zero attached hydrogens (tertiary/aromatic N) is 1. The van der Waals surface area contributed by atoms with E-state index in [1.807, 2.05) is 18.2 Å². The van der Waals surface area contributed by atoms with Crippen LogP contribution in [0.4, 0.5) is 5.69 Å². The van der Waals surface area contributed by atoms with Crippen LogP contribution >= 0.6 is 11.6 Å². The van der Waals surface area contributed by atoms with Crippen molar-refractivity contribution in [3.8, 4) is 5.75 Å². The zero-order chi connectivity index (χ0) is 21.6. The minimum Gasteiger partial charge on any atom is -0.494 e. The van der Waals surface area contributed by atoms with Gasteiger partial charge in [0.05, 0.1) is 12.0 Å². The third-order valence-corrected chi connectivity index (χ3v) is 7.55. The monoisotopic (exact) mass is 446 g/mol. The van der Waals surface area contributed by atoms with Gasteiger partial charge in [0, 0.05) is 30.6 Å². The first-order chi connectivity index (χ1) is 15.1. The van der Waals surface area contributed by atoms with Crippen molar-refractivity contribution >= 4 is 29.1 Å². The van der Waals surface area contributed by atoms with Crippen LogP contribution < -0.4 is 10.1 Å². The number of hydrogen-bond acceptors (Lipinski definition) is 3. The number of anilines is 1. The molecule has 0 aromatic heterocycles. The van der Waals surface area contributed by atoms with E-state index in [9.17, 15) is 9.59 Å². The van der Waals surface area contributed by atoms with Gasteiger partial charge in [0.25, 0.3) is 0 Å². The van der Waals surface area contributed by atoms with Gasteiger partial charge in [-0.25, -0.2) is 0 Å². The van der Waals surface area contributed by atoms with Crippen molar-refractivity contribution < 1.29 is 14.3 Å². The number of alkyl halides is 1. The second-order valence-corrected chi connectivity index (χ2v) is 9.84. The van der Waals surface area contributed by atoms with E-state index in [0.717, 1.165) is 49.1 Å². The average Bonchev–Trinajstić information content (AvgIpc) is 2.79. The molecule has 0 bridgehead atoms. The molecule has 4 rings (SSSR count). The molecule has 1 aliphatic heterocycles. The molecule has 31 heavy (non-hydrogen) atoms. The van der Waals surface area contributed by atoms with Crippen LogP contribution in [-0.4, -0.2) is 40.8 Å². The number of ether oxygens (including phenoxy) is 1. The Kier molecular flexibility index (Phi) is 7.76. The number of rotatable bonds is 7. The predicted molar refractivity (Wildman–Crippen MR) is 124 cm³/mol. The van der Waals surface area contributed by atoms with E-state index in [4.69, 9.17) is 16.3 Å². The van der Waals surface area contributed by atoms with Crippen molar-refractivity contribution in [2.24, 2.45) is 0 Å². The van der Waals surface area contributed by atoms with Gasteiger partial charge in [0.2, 0.25) is 11.8 Å². The quantitative estimate of drug-likeness (QED) is 0.448. The molecule has 170 valence electrons. The highest BCUT2D eigenvalue weighted by molar-refractivity contribution is 6.21. The molecule has 3 aliphatic rings. The Balaban J connectivity index is 1.31. The van der Waals surface area contributed by atoms with Crippen LogP contribution in [0.25, 0.3) is 0 Å². The van der Waals surface area contributed by atoms with Crippen LogP contribution in [0.1, 0.15) is 82.6 Å². The molecule has 0 spiro atoms. The zero-order valence-corrected chi connectivity index (χ0v) is 19.2. The number of benzene rings is 1. The summed E-state index contributed by atoms with van der Waals surface area (Å²) in [6, 6.07) is 6.36. The molecule has 1 aromatic rings. The second kappa shape index (κ2) is 10.7. The maximum absolute atomic E-state index is 13.3. The van der Waals surface area contributed by atoms with Crippen molar-refractivity contribution in [3.05, 3.63) is 23.8 Å². The number of nitrogens with one attached hydrogen (secondary N) is 1. The van der Waals surface area contributed by atoms with E-state index in [1.54, 1.807) is 0 Å². The minimum absolute atomic E-state index is 0.0688. The fraction of sp³-hybridized carbons (Fsp3) is 0.680. The van der Waals surface area contributed by atoms with E-state index in [2.05, 4.69) is 10.2 Å². The zero-order valence-electron chi connectivity index (χ0n) is 18.4. The number of amides is 2. The van der Waals surface area contributed by atoms with Crippen LogP contribution in [0.5, 0.6) is 5.75 Å². The van der Waals surface area contributed by atoms with Gasteiger partial charge in [-0.05, 0) is 62.3 Å². The minimum atomic E-state index is 0.0688. The molecule has 2 saturated carbocycles. The standard InChI is InChI=1S/C25H35ClN2O3/c26-21-9-4-5-10-23(21)28(19-7-2-1-3-8-19)25(30)11-6-16-31-20-13-14-22-18(17-20)12-15-24(29)27-22/h13-14,17,19,21,23H,1-12,15-16H2,(H,27,29). The third kappa shape index (κ3) is 5.74. The van der Waals surface area contributed by atoms with E-state index in [0.29, 0.717) is 31.9 Å². The molecule has 1 N–H and O–H groups in total. The smallest absolute Gasteiger partial charge is 0.224 e. The van der Waals surface area contributed by atoms with Crippen LogP contribution in [0.3, 0.4) is 0 Å². The van der Waals surface area contributed by atoms with Gasteiger partial charge in [0.1, 0.15) is 5.75 Å². The lowest BCUT2D eigenvalue weighted by molar-refractivity contribution is -0.138. The van der Waals surface area contributed by atoms with Gasteiger partial charge in [-0.1, -0.05) is 32.1 Å². The molecule has 2 fully saturated rings. The lowest BCUT2D eigenvalue weighted by Crippen LogP contribution is -2.52. The van der Waals surface area contributed by atoms with Crippen molar-refractivity contribution in [2.45, 2.75) is 101 Å². The first kappa shape index (κ1) is 22.4. The van der Waals surface area contributed by atoms with Crippen molar-refractivity contribution in [3.63, 3.8) is 0 Å². The van der Waals surface area contributed by atoms with E-state index < -0.39 is 0 Å². The van der Waals surface area contributed by atoms with Crippen LogP contribution in [-0.2, 0) is 16.0 Å². The molecule has 2 aliphatic carbocycles. The largest absolute Gasteiger partial charge is 0.494 e. The fourth-order valence-electron chi connectivity index (χ4n) is 5.39. The summed E-state index contributed by atoms with van der Waals surface area (Å²) >= 11 is 6.70. The molecule has 5 nitrogen and oxygen atoms in total. The summed E-state index contributed by atoms with van der Waals surface area (Å²) in [7, 11) is 0. The lowest BCUT2D eigenvalue weighted by atomic mass is 9.88. The highest BCUT2D eigenvalue weighted by atomic mass is 35.5. The molecular formula is C25H35ClN2O3. The Bertz CT molecular complexity index is 778. The van der Waals surface area contributed by atoms with Crippen LogP contribution in [0, 0.1) is 0 Å². The molecule has 1 heterocycles. The Morgan fingerprint density at radius 2 is 1.84 bits per heavy atom. The summed E-state index contributed by atoms with van der Waals surface area (Å²) in [6.07, 6.45) is 12.8.